The summed E-state index contributed by atoms with van der Waals surface area (Å²) in [7, 11) is 0. The summed E-state index contributed by atoms with van der Waals surface area (Å²) in [6.45, 7) is 8.56. The number of guanidine groups is 1. The molecule has 0 saturated carbocycles. The van der Waals surface area contributed by atoms with Gasteiger partial charge in [-0.2, -0.15) is 0 Å². The van der Waals surface area contributed by atoms with Crippen molar-refractivity contribution in [3.05, 3.63) is 45.7 Å². The summed E-state index contributed by atoms with van der Waals surface area (Å²) >= 11 is 1.66. The van der Waals surface area contributed by atoms with Crippen molar-refractivity contribution in [3.8, 4) is 0 Å². The molecule has 154 valence electrons. The summed E-state index contributed by atoms with van der Waals surface area (Å²) in [5.74, 6) is 0.490. The summed E-state index contributed by atoms with van der Waals surface area (Å²) in [6.07, 6.45) is 1.87. The number of morpholine rings is 1. The Bertz CT molecular complexity index is 779. The van der Waals surface area contributed by atoms with E-state index in [1.165, 1.54) is 4.88 Å². The minimum atomic E-state index is -0.208. The lowest BCUT2D eigenvalue weighted by atomic mass is 10.1. The lowest BCUT2D eigenvalue weighted by Crippen LogP contribution is -2.37. The zero-order chi connectivity index (χ0) is 19.1. The van der Waals surface area contributed by atoms with Crippen LogP contribution >= 0.6 is 35.3 Å². The van der Waals surface area contributed by atoms with Gasteiger partial charge in [0.05, 0.1) is 32.0 Å². The van der Waals surface area contributed by atoms with Gasteiger partial charge in [-0.1, -0.05) is 6.07 Å². The summed E-state index contributed by atoms with van der Waals surface area (Å²) in [4.78, 5) is 12.1. The Hall–Kier alpha value is -1.46. The van der Waals surface area contributed by atoms with E-state index in [1.807, 2.05) is 37.1 Å². The number of aromatic nitrogens is 1. The number of nitrogens with zero attached hydrogens (tertiary/aromatic N) is 3. The lowest BCUT2D eigenvalue weighted by molar-refractivity contribution is 0.122. The first-order valence-electron chi connectivity index (χ1n) is 9.20. The Morgan fingerprint density at radius 3 is 2.75 bits per heavy atom. The zero-order valence-corrected chi connectivity index (χ0v) is 19.4. The Morgan fingerprint density at radius 1 is 1.32 bits per heavy atom. The number of anilines is 1. The molecule has 3 rings (SSSR count). The van der Waals surface area contributed by atoms with E-state index in [9.17, 15) is 4.39 Å². The number of hydrogen-bond acceptors (Lipinski definition) is 5. The van der Waals surface area contributed by atoms with Gasteiger partial charge in [0.2, 0.25) is 0 Å². The van der Waals surface area contributed by atoms with Gasteiger partial charge in [0.15, 0.2) is 5.96 Å². The van der Waals surface area contributed by atoms with E-state index in [2.05, 4.69) is 20.6 Å². The van der Waals surface area contributed by atoms with Crippen LogP contribution in [0.4, 0.5) is 10.1 Å². The molecule has 1 saturated heterocycles. The topological polar surface area (TPSA) is 61.8 Å². The molecule has 28 heavy (non-hydrogen) atoms. The van der Waals surface area contributed by atoms with Crippen molar-refractivity contribution in [2.24, 2.45) is 4.99 Å². The molecule has 0 bridgehead atoms. The number of nitrogens with one attached hydrogen (secondary N) is 2. The molecule has 0 unspecified atom stereocenters. The van der Waals surface area contributed by atoms with Crippen molar-refractivity contribution in [2.45, 2.75) is 26.9 Å². The molecule has 2 heterocycles. The van der Waals surface area contributed by atoms with Crippen LogP contribution in [0.3, 0.4) is 0 Å². The van der Waals surface area contributed by atoms with Crippen molar-refractivity contribution in [1.29, 1.82) is 0 Å². The number of aliphatic imine (C=N–C) groups is 1. The molecule has 0 aliphatic carbocycles. The Morgan fingerprint density at radius 2 is 2.11 bits per heavy atom. The predicted octanol–water partition coefficient (Wildman–Crippen LogP) is 3.30. The van der Waals surface area contributed by atoms with E-state index < -0.39 is 0 Å². The number of halogens is 2. The van der Waals surface area contributed by atoms with Crippen molar-refractivity contribution >= 4 is 47.0 Å². The number of rotatable bonds is 6. The van der Waals surface area contributed by atoms with Crippen LogP contribution in [0.5, 0.6) is 0 Å². The molecule has 0 radical (unpaired) electrons. The molecule has 1 aliphatic rings. The minimum absolute atomic E-state index is 0. The summed E-state index contributed by atoms with van der Waals surface area (Å²) < 4.78 is 19.8. The van der Waals surface area contributed by atoms with Gasteiger partial charge in [0.25, 0.3) is 0 Å². The molecular weight excluding hydrogens is 492 g/mol. The first-order valence-corrected chi connectivity index (χ1v) is 10.0. The molecule has 9 heteroatoms. The second-order valence-electron chi connectivity index (χ2n) is 6.30. The first-order chi connectivity index (χ1) is 13.2. The fourth-order valence-corrected chi connectivity index (χ4v) is 3.59. The van der Waals surface area contributed by atoms with Crippen LogP contribution in [0, 0.1) is 12.7 Å². The number of hydrogen-bond donors (Lipinski definition) is 2. The summed E-state index contributed by atoms with van der Waals surface area (Å²) in [6, 6.07) is 5.34. The van der Waals surface area contributed by atoms with Gasteiger partial charge in [-0.05, 0) is 31.5 Å². The maximum absolute atomic E-state index is 14.5. The highest BCUT2D eigenvalue weighted by Crippen LogP contribution is 2.22. The highest BCUT2D eigenvalue weighted by atomic mass is 127. The van der Waals surface area contributed by atoms with Gasteiger partial charge in [-0.3, -0.25) is 0 Å². The van der Waals surface area contributed by atoms with Crippen molar-refractivity contribution in [3.63, 3.8) is 0 Å². The quantitative estimate of drug-likeness (QED) is 0.349. The molecule has 0 amide bonds. The van der Waals surface area contributed by atoms with E-state index in [0.717, 1.165) is 30.2 Å². The maximum atomic E-state index is 14.5. The van der Waals surface area contributed by atoms with Crippen molar-refractivity contribution < 1.29 is 9.13 Å². The van der Waals surface area contributed by atoms with Gasteiger partial charge in [-0.25, -0.2) is 14.4 Å². The second-order valence-corrected chi connectivity index (χ2v) is 7.62. The normalized spacial score (nSPS) is 14.5. The van der Waals surface area contributed by atoms with E-state index in [0.29, 0.717) is 38.0 Å². The molecule has 2 N–H and O–H groups in total. The molecule has 0 spiro atoms. The fourth-order valence-electron chi connectivity index (χ4n) is 2.86. The third-order valence-corrected chi connectivity index (χ3v) is 5.12. The highest BCUT2D eigenvalue weighted by molar-refractivity contribution is 14.0. The molecule has 0 atom stereocenters. The van der Waals surface area contributed by atoms with E-state index in [1.54, 1.807) is 17.4 Å². The van der Waals surface area contributed by atoms with Crippen molar-refractivity contribution in [2.75, 3.05) is 37.7 Å². The standard InChI is InChI=1S/C19H26FN5OS.HI/c1-3-21-19(24-13-18-22-11-14(2)27-18)23-12-15-4-5-17(16(20)10-15)25-6-8-26-9-7-25;/h4-5,10-11H,3,6-9,12-13H2,1-2H3,(H2,21,23,24);1H. The van der Waals surface area contributed by atoms with Crippen LogP contribution in [0.1, 0.15) is 22.4 Å². The van der Waals surface area contributed by atoms with Gasteiger partial charge in [0.1, 0.15) is 10.8 Å². The fraction of sp³-hybridized carbons (Fsp3) is 0.474. The average Bonchev–Trinajstić information content (AvgIpc) is 3.10. The Kier molecular flexibility index (Phi) is 9.39. The maximum Gasteiger partial charge on any atom is 0.191 e. The molecule has 6 nitrogen and oxygen atoms in total. The monoisotopic (exact) mass is 519 g/mol. The second kappa shape index (κ2) is 11.5. The summed E-state index contributed by atoms with van der Waals surface area (Å²) in [5, 5.41) is 7.49. The largest absolute Gasteiger partial charge is 0.378 e. The van der Waals surface area contributed by atoms with Gasteiger partial charge >= 0.3 is 0 Å². The molecule has 1 aliphatic heterocycles. The number of benzene rings is 1. The smallest absolute Gasteiger partial charge is 0.191 e. The number of ether oxygens (including phenoxy) is 1. The van der Waals surface area contributed by atoms with Gasteiger partial charge in [-0.15, -0.1) is 35.3 Å². The number of aryl methyl sites for hydroxylation is 1. The molecule has 1 aromatic carbocycles. The minimum Gasteiger partial charge on any atom is -0.378 e. The van der Waals surface area contributed by atoms with Gasteiger partial charge in [0, 0.05) is 30.7 Å². The zero-order valence-electron chi connectivity index (χ0n) is 16.2. The average molecular weight is 519 g/mol. The van der Waals surface area contributed by atoms with Crippen LogP contribution in [-0.2, 0) is 17.8 Å². The van der Waals surface area contributed by atoms with E-state index >= 15 is 0 Å². The molecule has 1 aromatic heterocycles. The third kappa shape index (κ3) is 6.56. The molecular formula is C19H27FIN5OS. The molecule has 1 fully saturated rings. The highest BCUT2D eigenvalue weighted by Gasteiger charge is 2.15. The lowest BCUT2D eigenvalue weighted by Gasteiger charge is -2.29. The number of thiazole rings is 1. The van der Waals surface area contributed by atoms with E-state index in [4.69, 9.17) is 4.74 Å². The first kappa shape index (κ1) is 22.8. The predicted molar refractivity (Wildman–Crippen MR) is 123 cm³/mol. The van der Waals surface area contributed by atoms with Crippen LogP contribution in [0.15, 0.2) is 29.4 Å². The van der Waals surface area contributed by atoms with Crippen LogP contribution in [0.25, 0.3) is 0 Å². The van der Waals surface area contributed by atoms with Crippen LogP contribution in [-0.4, -0.2) is 43.8 Å². The van der Waals surface area contributed by atoms with Crippen molar-refractivity contribution in [1.82, 2.24) is 15.6 Å². The van der Waals surface area contributed by atoms with E-state index in [-0.39, 0.29) is 29.8 Å². The summed E-state index contributed by atoms with van der Waals surface area (Å²) in [5.41, 5.74) is 1.47. The Balaban J connectivity index is 0.00000280. The molecule has 2 aromatic rings. The Labute approximate surface area is 186 Å². The van der Waals surface area contributed by atoms with Crippen LogP contribution in [0.2, 0.25) is 0 Å². The third-order valence-electron chi connectivity index (χ3n) is 4.20. The SMILES string of the molecule is CCNC(=NCc1ccc(N2CCOCC2)c(F)c1)NCc1ncc(C)s1.I. The van der Waals surface area contributed by atoms with Crippen LogP contribution < -0.4 is 15.5 Å². The van der Waals surface area contributed by atoms with Gasteiger partial charge < -0.3 is 20.3 Å².